The van der Waals surface area contributed by atoms with Crippen molar-refractivity contribution >= 4 is 0 Å². The Morgan fingerprint density at radius 1 is 1.27 bits per heavy atom. The molecule has 15 heavy (non-hydrogen) atoms. The van der Waals surface area contributed by atoms with E-state index in [4.69, 9.17) is 0 Å². The van der Waals surface area contributed by atoms with Crippen molar-refractivity contribution in [2.75, 3.05) is 0 Å². The molecule has 1 rings (SSSR count). The lowest BCUT2D eigenvalue weighted by molar-refractivity contribution is 0.194. The van der Waals surface area contributed by atoms with Crippen LogP contribution in [0.15, 0.2) is 18.2 Å². The van der Waals surface area contributed by atoms with Gasteiger partial charge >= 0.3 is 0 Å². The van der Waals surface area contributed by atoms with E-state index in [1.54, 1.807) is 13.0 Å². The second kappa shape index (κ2) is 4.23. The van der Waals surface area contributed by atoms with Crippen molar-refractivity contribution in [2.24, 2.45) is 0 Å². The van der Waals surface area contributed by atoms with Gasteiger partial charge in [-0.05, 0) is 29.5 Å². The van der Waals surface area contributed by atoms with Crippen molar-refractivity contribution in [3.05, 3.63) is 29.3 Å². The van der Waals surface area contributed by atoms with E-state index in [1.165, 1.54) is 5.56 Å². The maximum Gasteiger partial charge on any atom is 0.118 e. The third kappa shape index (κ3) is 3.24. The van der Waals surface area contributed by atoms with E-state index in [1.807, 2.05) is 12.1 Å². The molecule has 0 aromatic heterocycles. The molecule has 0 aliphatic rings. The summed E-state index contributed by atoms with van der Waals surface area (Å²) in [5.41, 5.74) is 2.06. The molecule has 0 bridgehead atoms. The molecule has 1 unspecified atom stereocenters. The van der Waals surface area contributed by atoms with Gasteiger partial charge in [-0.25, -0.2) is 0 Å². The van der Waals surface area contributed by atoms with Crippen LogP contribution >= 0.6 is 0 Å². The van der Waals surface area contributed by atoms with E-state index >= 15 is 0 Å². The standard InChI is InChI=1S/C13H20O2/c1-9(14)7-10-8-11(13(2,3)4)5-6-12(10)15/h5-6,8-9,14-15H,7H2,1-4H3. The number of phenolic OH excluding ortho intramolecular Hbond substituents is 1. The van der Waals surface area contributed by atoms with E-state index in [0.29, 0.717) is 6.42 Å². The third-order valence-corrected chi connectivity index (χ3v) is 2.46. The number of aliphatic hydroxyl groups excluding tert-OH is 1. The molecule has 1 aromatic carbocycles. The van der Waals surface area contributed by atoms with Crippen LogP contribution in [0.5, 0.6) is 5.75 Å². The molecule has 0 fully saturated rings. The predicted molar refractivity (Wildman–Crippen MR) is 62.2 cm³/mol. The number of aromatic hydroxyl groups is 1. The molecule has 0 spiro atoms. The monoisotopic (exact) mass is 208 g/mol. The summed E-state index contributed by atoms with van der Waals surface area (Å²) in [6.07, 6.45) is 0.0709. The largest absolute Gasteiger partial charge is 0.508 e. The second-order valence-electron chi connectivity index (χ2n) is 5.15. The molecule has 1 aromatic rings. The van der Waals surface area contributed by atoms with Crippen molar-refractivity contribution in [3.8, 4) is 5.75 Å². The molecular formula is C13H20O2. The first-order valence-corrected chi connectivity index (χ1v) is 5.31. The molecule has 0 saturated heterocycles. The Balaban J connectivity index is 3.06. The van der Waals surface area contributed by atoms with Gasteiger partial charge in [0.05, 0.1) is 6.10 Å². The Morgan fingerprint density at radius 3 is 2.33 bits per heavy atom. The lowest BCUT2D eigenvalue weighted by Crippen LogP contribution is -2.12. The first-order valence-electron chi connectivity index (χ1n) is 5.31. The maximum absolute atomic E-state index is 9.64. The van der Waals surface area contributed by atoms with Gasteiger partial charge in [0.1, 0.15) is 5.75 Å². The SMILES string of the molecule is CC(O)Cc1cc(C(C)(C)C)ccc1O. The molecule has 2 nitrogen and oxygen atoms in total. The minimum absolute atomic E-state index is 0.0706. The van der Waals surface area contributed by atoms with E-state index in [9.17, 15) is 10.2 Å². The van der Waals surface area contributed by atoms with Crippen molar-refractivity contribution < 1.29 is 10.2 Å². The highest BCUT2D eigenvalue weighted by atomic mass is 16.3. The van der Waals surface area contributed by atoms with Crippen molar-refractivity contribution in [1.82, 2.24) is 0 Å². The fourth-order valence-corrected chi connectivity index (χ4v) is 1.53. The highest BCUT2D eigenvalue weighted by molar-refractivity contribution is 5.39. The Bertz CT molecular complexity index is 335. The quantitative estimate of drug-likeness (QED) is 0.784. The summed E-state index contributed by atoms with van der Waals surface area (Å²) in [5, 5.41) is 19.0. The van der Waals surface area contributed by atoms with Gasteiger partial charge in [0.2, 0.25) is 0 Å². The van der Waals surface area contributed by atoms with Gasteiger partial charge in [-0.1, -0.05) is 32.9 Å². The zero-order valence-electron chi connectivity index (χ0n) is 9.91. The first kappa shape index (κ1) is 12.1. The molecule has 0 aliphatic heterocycles. The van der Waals surface area contributed by atoms with Crippen LogP contribution in [0.4, 0.5) is 0 Å². The van der Waals surface area contributed by atoms with E-state index < -0.39 is 6.10 Å². The third-order valence-electron chi connectivity index (χ3n) is 2.46. The minimum atomic E-state index is -0.425. The highest BCUT2D eigenvalue weighted by Gasteiger charge is 2.15. The van der Waals surface area contributed by atoms with E-state index in [-0.39, 0.29) is 11.2 Å². The Morgan fingerprint density at radius 2 is 1.87 bits per heavy atom. The normalized spacial score (nSPS) is 13.9. The van der Waals surface area contributed by atoms with Crippen molar-refractivity contribution in [1.29, 1.82) is 0 Å². The molecular weight excluding hydrogens is 188 g/mol. The number of phenols is 1. The van der Waals surface area contributed by atoms with Gasteiger partial charge < -0.3 is 10.2 Å². The van der Waals surface area contributed by atoms with Crippen molar-refractivity contribution in [3.63, 3.8) is 0 Å². The van der Waals surface area contributed by atoms with Crippen LogP contribution < -0.4 is 0 Å². The molecule has 1 atom stereocenters. The average molecular weight is 208 g/mol. The van der Waals surface area contributed by atoms with Gasteiger partial charge in [-0.2, -0.15) is 0 Å². The van der Waals surface area contributed by atoms with Gasteiger partial charge in [0.25, 0.3) is 0 Å². The summed E-state index contributed by atoms with van der Waals surface area (Å²) < 4.78 is 0. The smallest absolute Gasteiger partial charge is 0.118 e. The van der Waals surface area contributed by atoms with E-state index in [2.05, 4.69) is 20.8 Å². The fourth-order valence-electron chi connectivity index (χ4n) is 1.53. The Kier molecular flexibility index (Phi) is 3.40. The molecule has 0 radical (unpaired) electrons. The first-order chi connectivity index (χ1) is 6.80. The lowest BCUT2D eigenvalue weighted by atomic mass is 9.85. The number of hydrogen-bond acceptors (Lipinski definition) is 2. The number of hydrogen-bond donors (Lipinski definition) is 2. The summed E-state index contributed by atoms with van der Waals surface area (Å²) in [6.45, 7) is 8.12. The molecule has 2 N–H and O–H groups in total. The summed E-state index contributed by atoms with van der Waals surface area (Å²) in [7, 11) is 0. The van der Waals surface area contributed by atoms with Crippen molar-refractivity contribution in [2.45, 2.75) is 45.6 Å². The zero-order valence-corrected chi connectivity index (χ0v) is 9.91. The van der Waals surface area contributed by atoms with Crippen LogP contribution in [0.3, 0.4) is 0 Å². The lowest BCUT2D eigenvalue weighted by Gasteiger charge is -2.20. The summed E-state index contributed by atoms with van der Waals surface area (Å²) in [5.74, 6) is 0.268. The molecule has 84 valence electrons. The van der Waals surface area contributed by atoms with E-state index in [0.717, 1.165) is 5.56 Å². The van der Waals surface area contributed by atoms with Gasteiger partial charge in [-0.3, -0.25) is 0 Å². The summed E-state index contributed by atoms with van der Waals surface area (Å²) in [6, 6.07) is 5.61. The zero-order chi connectivity index (χ0) is 11.6. The molecule has 0 saturated carbocycles. The highest BCUT2D eigenvalue weighted by Crippen LogP contribution is 2.27. The molecule has 0 aliphatic carbocycles. The minimum Gasteiger partial charge on any atom is -0.508 e. The van der Waals surface area contributed by atoms with Crippen LogP contribution in [-0.2, 0) is 11.8 Å². The van der Waals surface area contributed by atoms with Crippen LogP contribution in [0.2, 0.25) is 0 Å². The number of aliphatic hydroxyl groups is 1. The predicted octanol–water partition coefficient (Wildman–Crippen LogP) is 2.61. The van der Waals surface area contributed by atoms with Crippen LogP contribution in [0, 0.1) is 0 Å². The fraction of sp³-hybridized carbons (Fsp3) is 0.538. The molecule has 0 amide bonds. The van der Waals surface area contributed by atoms with Crippen LogP contribution in [0.25, 0.3) is 0 Å². The number of benzene rings is 1. The summed E-state index contributed by atoms with van der Waals surface area (Å²) >= 11 is 0. The Labute approximate surface area is 91.6 Å². The topological polar surface area (TPSA) is 40.5 Å². The van der Waals surface area contributed by atoms with Crippen LogP contribution in [0.1, 0.15) is 38.8 Å². The Hall–Kier alpha value is -1.02. The van der Waals surface area contributed by atoms with Gasteiger partial charge in [-0.15, -0.1) is 0 Å². The second-order valence-corrected chi connectivity index (χ2v) is 5.15. The molecule has 0 heterocycles. The van der Waals surface area contributed by atoms with Gasteiger partial charge in [0, 0.05) is 6.42 Å². The average Bonchev–Trinajstić information content (AvgIpc) is 2.06. The number of rotatable bonds is 2. The van der Waals surface area contributed by atoms with Gasteiger partial charge in [0.15, 0.2) is 0 Å². The van der Waals surface area contributed by atoms with Crippen LogP contribution in [-0.4, -0.2) is 16.3 Å². The maximum atomic E-state index is 9.64. The summed E-state index contributed by atoms with van der Waals surface area (Å²) in [4.78, 5) is 0. The molecule has 2 heteroatoms.